The van der Waals surface area contributed by atoms with E-state index in [1.807, 2.05) is 0 Å². The Hall–Kier alpha value is -2.17. The summed E-state index contributed by atoms with van der Waals surface area (Å²) in [6, 6.07) is 7.08. The molecular weight excluding hydrogens is 378 g/mol. The van der Waals surface area contributed by atoms with Crippen molar-refractivity contribution >= 4 is 17.8 Å². The number of hydrogen-bond acceptors (Lipinski definition) is 3. The van der Waals surface area contributed by atoms with E-state index >= 15 is 0 Å². The van der Waals surface area contributed by atoms with E-state index in [0.29, 0.717) is 24.1 Å². The fourth-order valence-electron chi connectivity index (χ4n) is 4.11. The van der Waals surface area contributed by atoms with Crippen molar-refractivity contribution in [2.75, 3.05) is 6.54 Å². The molecule has 0 bridgehead atoms. The van der Waals surface area contributed by atoms with Crippen molar-refractivity contribution in [2.24, 2.45) is 0 Å². The van der Waals surface area contributed by atoms with E-state index in [0.717, 1.165) is 32.1 Å². The number of unbranched alkanes of at least 4 members (excludes halogenated alkanes) is 13. The number of carbonyl (C=O) groups is 3. The lowest BCUT2D eigenvalue weighted by Gasteiger charge is -2.13. The number of rotatable bonds is 17. The van der Waals surface area contributed by atoms with E-state index in [2.05, 4.69) is 0 Å². The number of carbonyl (C=O) groups excluding carboxylic acids is 2. The molecule has 5 heteroatoms. The maximum Gasteiger partial charge on any atom is 0.303 e. The van der Waals surface area contributed by atoms with Gasteiger partial charge in [0, 0.05) is 13.0 Å². The number of amides is 2. The molecule has 1 heterocycles. The normalized spacial score (nSPS) is 13.1. The average molecular weight is 416 g/mol. The molecule has 0 saturated carbocycles. The second-order valence-electron chi connectivity index (χ2n) is 8.40. The van der Waals surface area contributed by atoms with Gasteiger partial charge in [-0.1, -0.05) is 89.2 Å². The number of carboxylic acids is 1. The molecule has 0 spiro atoms. The molecule has 1 aromatic carbocycles. The zero-order valence-corrected chi connectivity index (χ0v) is 18.2. The molecule has 0 unspecified atom stereocenters. The highest BCUT2D eigenvalue weighted by Crippen LogP contribution is 2.23. The largest absolute Gasteiger partial charge is 0.481 e. The number of benzene rings is 1. The molecule has 1 N–H and O–H groups in total. The highest BCUT2D eigenvalue weighted by Gasteiger charge is 2.34. The highest BCUT2D eigenvalue weighted by atomic mass is 16.4. The van der Waals surface area contributed by atoms with Crippen LogP contribution in [0, 0.1) is 0 Å². The van der Waals surface area contributed by atoms with Gasteiger partial charge in [-0.25, -0.2) is 0 Å². The lowest BCUT2D eigenvalue weighted by Crippen LogP contribution is -2.30. The zero-order valence-electron chi connectivity index (χ0n) is 18.2. The minimum atomic E-state index is -0.683. The van der Waals surface area contributed by atoms with Crippen LogP contribution in [0.15, 0.2) is 24.3 Å². The summed E-state index contributed by atoms with van der Waals surface area (Å²) in [6.07, 6.45) is 16.6. The van der Waals surface area contributed by atoms with Crippen molar-refractivity contribution in [3.63, 3.8) is 0 Å². The van der Waals surface area contributed by atoms with E-state index in [-0.39, 0.29) is 11.8 Å². The molecule has 0 fully saturated rings. The van der Waals surface area contributed by atoms with Gasteiger partial charge in [-0.2, -0.15) is 0 Å². The van der Waals surface area contributed by atoms with Crippen LogP contribution in [0.4, 0.5) is 0 Å². The smallest absolute Gasteiger partial charge is 0.303 e. The molecule has 0 aliphatic carbocycles. The Morgan fingerprint density at radius 3 is 1.40 bits per heavy atom. The Labute approximate surface area is 180 Å². The fraction of sp³-hybridized carbons (Fsp3) is 0.640. The number of fused-ring (bicyclic) bond motifs is 1. The van der Waals surface area contributed by atoms with Crippen LogP contribution < -0.4 is 0 Å². The van der Waals surface area contributed by atoms with Crippen LogP contribution in [0.3, 0.4) is 0 Å². The molecule has 5 nitrogen and oxygen atoms in total. The van der Waals surface area contributed by atoms with E-state index in [1.165, 1.54) is 62.7 Å². The van der Waals surface area contributed by atoms with Gasteiger partial charge in [0.15, 0.2) is 0 Å². The first kappa shape index (κ1) is 24.1. The van der Waals surface area contributed by atoms with Crippen LogP contribution >= 0.6 is 0 Å². The highest BCUT2D eigenvalue weighted by molar-refractivity contribution is 6.21. The molecular formula is C25H37NO4. The molecule has 0 radical (unpaired) electrons. The third-order valence-corrected chi connectivity index (χ3v) is 5.90. The summed E-state index contributed by atoms with van der Waals surface area (Å²) in [5, 5.41) is 8.59. The van der Waals surface area contributed by atoms with Crippen LogP contribution in [-0.2, 0) is 4.79 Å². The van der Waals surface area contributed by atoms with Gasteiger partial charge in [0.25, 0.3) is 11.8 Å². The van der Waals surface area contributed by atoms with Gasteiger partial charge in [0.05, 0.1) is 11.1 Å². The molecule has 2 rings (SSSR count). The molecule has 1 aromatic rings. The lowest BCUT2D eigenvalue weighted by molar-refractivity contribution is -0.137. The van der Waals surface area contributed by atoms with Crippen molar-refractivity contribution in [1.29, 1.82) is 0 Å². The Bertz CT molecular complexity index is 650. The number of hydrogen-bond donors (Lipinski definition) is 1. The molecule has 0 aromatic heterocycles. The van der Waals surface area contributed by atoms with Gasteiger partial charge >= 0.3 is 5.97 Å². The van der Waals surface area contributed by atoms with Gasteiger partial charge in [-0.15, -0.1) is 0 Å². The van der Waals surface area contributed by atoms with Crippen LogP contribution in [0.1, 0.15) is 117 Å². The predicted octanol–water partition coefficient (Wildman–Crippen LogP) is 6.22. The van der Waals surface area contributed by atoms with Crippen molar-refractivity contribution in [3.05, 3.63) is 35.4 Å². The van der Waals surface area contributed by atoms with E-state index in [9.17, 15) is 14.4 Å². The summed E-state index contributed by atoms with van der Waals surface area (Å²) in [7, 11) is 0. The number of carboxylic acid groups (broad SMARTS) is 1. The molecule has 0 atom stereocenters. The zero-order chi connectivity index (χ0) is 21.6. The summed E-state index contributed by atoms with van der Waals surface area (Å²) >= 11 is 0. The Kier molecular flexibility index (Phi) is 11.2. The van der Waals surface area contributed by atoms with Crippen LogP contribution in [0.2, 0.25) is 0 Å². The van der Waals surface area contributed by atoms with E-state index < -0.39 is 5.97 Å². The van der Waals surface area contributed by atoms with Gasteiger partial charge in [-0.3, -0.25) is 19.3 Å². The fourth-order valence-corrected chi connectivity index (χ4v) is 4.11. The molecule has 0 saturated heterocycles. The first-order valence-electron chi connectivity index (χ1n) is 11.8. The first-order chi connectivity index (χ1) is 14.6. The quantitative estimate of drug-likeness (QED) is 0.242. The number of aliphatic carboxylic acids is 1. The Morgan fingerprint density at radius 2 is 1.00 bits per heavy atom. The summed E-state index contributed by atoms with van der Waals surface area (Å²) in [6.45, 7) is 0.530. The maximum atomic E-state index is 12.3. The molecule has 1 aliphatic heterocycles. The summed E-state index contributed by atoms with van der Waals surface area (Å²) < 4.78 is 0. The third kappa shape index (κ3) is 8.29. The van der Waals surface area contributed by atoms with E-state index in [4.69, 9.17) is 5.11 Å². The minimum absolute atomic E-state index is 0.143. The van der Waals surface area contributed by atoms with Crippen molar-refractivity contribution in [3.8, 4) is 0 Å². The van der Waals surface area contributed by atoms with Crippen LogP contribution in [0.5, 0.6) is 0 Å². The second-order valence-corrected chi connectivity index (χ2v) is 8.40. The predicted molar refractivity (Wildman–Crippen MR) is 119 cm³/mol. The van der Waals surface area contributed by atoms with Crippen molar-refractivity contribution in [1.82, 2.24) is 4.90 Å². The average Bonchev–Trinajstić information content (AvgIpc) is 2.98. The van der Waals surface area contributed by atoms with Gasteiger partial charge in [-0.05, 0) is 25.0 Å². The topological polar surface area (TPSA) is 74.7 Å². The Morgan fingerprint density at radius 1 is 0.633 bits per heavy atom. The summed E-state index contributed by atoms with van der Waals surface area (Å²) in [5.74, 6) is -0.968. The summed E-state index contributed by atoms with van der Waals surface area (Å²) in [5.41, 5.74) is 1.08. The standard InChI is InChI=1S/C25H37NO4/c27-23(28)19-13-11-9-7-5-3-1-2-4-6-8-10-12-16-20-26-24(29)21-17-14-15-18-22(21)25(26)30/h14-15,17-18H,1-13,16,19-20H2,(H,27,28). The molecule has 2 amide bonds. The summed E-state index contributed by atoms with van der Waals surface area (Å²) in [4.78, 5) is 36.4. The van der Waals surface area contributed by atoms with Crippen LogP contribution in [0.25, 0.3) is 0 Å². The lowest BCUT2D eigenvalue weighted by atomic mass is 10.0. The van der Waals surface area contributed by atoms with Gasteiger partial charge in [0.1, 0.15) is 0 Å². The van der Waals surface area contributed by atoms with Crippen LogP contribution in [-0.4, -0.2) is 34.3 Å². The minimum Gasteiger partial charge on any atom is -0.481 e. The second kappa shape index (κ2) is 13.9. The Balaban J connectivity index is 1.36. The maximum absolute atomic E-state index is 12.3. The van der Waals surface area contributed by atoms with Crippen molar-refractivity contribution in [2.45, 2.75) is 96.3 Å². The monoisotopic (exact) mass is 415 g/mol. The molecule has 30 heavy (non-hydrogen) atoms. The number of nitrogens with zero attached hydrogens (tertiary/aromatic N) is 1. The number of imide groups is 1. The van der Waals surface area contributed by atoms with Gasteiger partial charge < -0.3 is 5.11 Å². The first-order valence-corrected chi connectivity index (χ1v) is 11.8. The van der Waals surface area contributed by atoms with E-state index in [1.54, 1.807) is 24.3 Å². The van der Waals surface area contributed by atoms with Gasteiger partial charge in [0.2, 0.25) is 0 Å². The molecule has 1 aliphatic rings. The third-order valence-electron chi connectivity index (χ3n) is 5.90. The SMILES string of the molecule is O=C(O)CCCCCCCCCCCCCCCCN1C(=O)c2ccccc2C1=O. The van der Waals surface area contributed by atoms with Crippen molar-refractivity contribution < 1.29 is 19.5 Å². The molecule has 166 valence electrons.